The molecule has 1 aromatic rings. The van der Waals surface area contributed by atoms with Gasteiger partial charge in [0.1, 0.15) is 0 Å². The standard InChI is InChI=1S/C13H17BrN2O4S/c1-20-13(17)9-4-5-12(11(14)7-9)21(18,19)16-10-3-2-6-15-8-10/h4-5,7,10,15-16H,2-3,6,8H2,1H3. The predicted octanol–water partition coefficient (Wildman–Crippen LogP) is 1.27. The molecule has 21 heavy (non-hydrogen) atoms. The number of halogens is 1. The second-order valence-electron chi connectivity index (χ2n) is 4.80. The lowest BCUT2D eigenvalue weighted by Gasteiger charge is -2.23. The van der Waals surface area contributed by atoms with Crippen molar-refractivity contribution < 1.29 is 17.9 Å². The fourth-order valence-corrected chi connectivity index (χ4v) is 4.55. The Morgan fingerprint density at radius 2 is 2.24 bits per heavy atom. The van der Waals surface area contributed by atoms with Crippen molar-refractivity contribution in [2.45, 2.75) is 23.8 Å². The van der Waals surface area contributed by atoms with E-state index in [4.69, 9.17) is 0 Å². The smallest absolute Gasteiger partial charge is 0.337 e. The third-order valence-corrected chi connectivity index (χ3v) is 5.76. The normalized spacial score (nSPS) is 19.2. The van der Waals surface area contributed by atoms with Crippen molar-refractivity contribution in [2.75, 3.05) is 20.2 Å². The average Bonchev–Trinajstić information content (AvgIpc) is 2.46. The van der Waals surface area contributed by atoms with Crippen LogP contribution in [0.2, 0.25) is 0 Å². The number of nitrogens with one attached hydrogen (secondary N) is 2. The van der Waals surface area contributed by atoms with Crippen LogP contribution in [-0.4, -0.2) is 40.6 Å². The molecular formula is C13H17BrN2O4S. The summed E-state index contributed by atoms with van der Waals surface area (Å²) in [7, 11) is -2.35. The molecule has 0 radical (unpaired) electrons. The Morgan fingerprint density at radius 3 is 2.81 bits per heavy atom. The summed E-state index contributed by atoms with van der Waals surface area (Å²) in [6.45, 7) is 1.53. The zero-order valence-corrected chi connectivity index (χ0v) is 14.0. The van der Waals surface area contributed by atoms with Gasteiger partial charge in [0.25, 0.3) is 0 Å². The van der Waals surface area contributed by atoms with Crippen molar-refractivity contribution in [1.82, 2.24) is 10.0 Å². The maximum absolute atomic E-state index is 12.4. The number of benzene rings is 1. The second-order valence-corrected chi connectivity index (χ2v) is 7.34. The lowest BCUT2D eigenvalue weighted by atomic mass is 10.1. The zero-order valence-electron chi connectivity index (χ0n) is 11.6. The molecule has 0 spiro atoms. The molecule has 1 fully saturated rings. The Bertz CT molecular complexity index is 627. The highest BCUT2D eigenvalue weighted by Crippen LogP contribution is 2.24. The molecule has 116 valence electrons. The molecule has 1 saturated heterocycles. The van der Waals surface area contributed by atoms with Crippen LogP contribution in [0.5, 0.6) is 0 Å². The van der Waals surface area contributed by atoms with E-state index in [0.717, 1.165) is 19.4 Å². The van der Waals surface area contributed by atoms with E-state index in [2.05, 4.69) is 30.7 Å². The van der Waals surface area contributed by atoms with Gasteiger partial charge in [0.05, 0.1) is 17.6 Å². The summed E-state index contributed by atoms with van der Waals surface area (Å²) >= 11 is 3.20. The number of carbonyl (C=O) groups excluding carboxylic acids is 1. The number of methoxy groups -OCH3 is 1. The van der Waals surface area contributed by atoms with Crippen LogP contribution < -0.4 is 10.0 Å². The van der Waals surface area contributed by atoms with Gasteiger partial charge in [-0.1, -0.05) is 0 Å². The van der Waals surface area contributed by atoms with E-state index < -0.39 is 16.0 Å². The van der Waals surface area contributed by atoms with E-state index in [1.54, 1.807) is 0 Å². The monoisotopic (exact) mass is 376 g/mol. The second kappa shape index (κ2) is 6.87. The number of esters is 1. The van der Waals surface area contributed by atoms with E-state index in [9.17, 15) is 13.2 Å². The average molecular weight is 377 g/mol. The molecule has 1 atom stereocenters. The highest BCUT2D eigenvalue weighted by atomic mass is 79.9. The molecule has 0 amide bonds. The summed E-state index contributed by atoms with van der Waals surface area (Å²) in [6, 6.07) is 4.16. The molecule has 1 heterocycles. The third kappa shape index (κ3) is 4.03. The highest BCUT2D eigenvalue weighted by Gasteiger charge is 2.24. The first-order chi connectivity index (χ1) is 9.94. The number of piperidine rings is 1. The highest BCUT2D eigenvalue weighted by molar-refractivity contribution is 9.10. The van der Waals surface area contributed by atoms with Crippen molar-refractivity contribution in [2.24, 2.45) is 0 Å². The molecule has 1 aromatic carbocycles. The van der Waals surface area contributed by atoms with Gasteiger partial charge >= 0.3 is 5.97 Å². The fourth-order valence-electron chi connectivity index (χ4n) is 2.20. The molecule has 2 rings (SSSR count). The fraction of sp³-hybridized carbons (Fsp3) is 0.462. The summed E-state index contributed by atoms with van der Waals surface area (Å²) in [4.78, 5) is 11.5. The number of hydrogen-bond donors (Lipinski definition) is 2. The van der Waals surface area contributed by atoms with Gasteiger partial charge < -0.3 is 10.1 Å². The van der Waals surface area contributed by atoms with Crippen molar-refractivity contribution in [3.8, 4) is 0 Å². The van der Waals surface area contributed by atoms with Gasteiger partial charge in [-0.2, -0.15) is 0 Å². The van der Waals surface area contributed by atoms with E-state index in [-0.39, 0.29) is 10.9 Å². The first-order valence-electron chi connectivity index (χ1n) is 6.55. The molecule has 1 aliphatic rings. The molecule has 0 saturated carbocycles. The van der Waals surface area contributed by atoms with Gasteiger partial charge in [-0.25, -0.2) is 17.9 Å². The van der Waals surface area contributed by atoms with Crippen LogP contribution in [0.4, 0.5) is 0 Å². The topological polar surface area (TPSA) is 84.5 Å². The van der Waals surface area contributed by atoms with E-state index in [1.807, 2.05) is 0 Å². The van der Waals surface area contributed by atoms with Crippen LogP contribution in [-0.2, 0) is 14.8 Å². The van der Waals surface area contributed by atoms with Gasteiger partial charge in [-0.3, -0.25) is 0 Å². The van der Waals surface area contributed by atoms with Crippen LogP contribution in [0.1, 0.15) is 23.2 Å². The molecule has 1 aliphatic heterocycles. The first-order valence-corrected chi connectivity index (χ1v) is 8.82. The zero-order chi connectivity index (χ0) is 15.5. The van der Waals surface area contributed by atoms with Crippen LogP contribution in [0.25, 0.3) is 0 Å². The third-order valence-electron chi connectivity index (χ3n) is 3.26. The van der Waals surface area contributed by atoms with Crippen LogP contribution in [0.3, 0.4) is 0 Å². The molecule has 1 unspecified atom stereocenters. The number of carbonyl (C=O) groups is 1. The maximum Gasteiger partial charge on any atom is 0.337 e. The molecule has 0 aliphatic carbocycles. The van der Waals surface area contributed by atoms with Crippen molar-refractivity contribution in [3.63, 3.8) is 0 Å². The van der Waals surface area contributed by atoms with E-state index >= 15 is 0 Å². The van der Waals surface area contributed by atoms with Gasteiger partial charge in [0.2, 0.25) is 10.0 Å². The van der Waals surface area contributed by atoms with Gasteiger partial charge in [-0.15, -0.1) is 0 Å². The predicted molar refractivity (Wildman–Crippen MR) is 81.7 cm³/mol. The van der Waals surface area contributed by atoms with E-state index in [0.29, 0.717) is 16.6 Å². The number of rotatable bonds is 4. The minimum atomic E-state index is -3.63. The largest absolute Gasteiger partial charge is 0.465 e. The number of sulfonamides is 1. The summed E-state index contributed by atoms with van der Waals surface area (Å²) in [5.41, 5.74) is 0.294. The molecule has 8 heteroatoms. The van der Waals surface area contributed by atoms with Crippen LogP contribution in [0, 0.1) is 0 Å². The van der Waals surface area contributed by atoms with Crippen molar-refractivity contribution in [3.05, 3.63) is 28.2 Å². The van der Waals surface area contributed by atoms with Gasteiger partial charge in [0, 0.05) is 17.1 Å². The van der Waals surface area contributed by atoms with E-state index in [1.165, 1.54) is 25.3 Å². The van der Waals surface area contributed by atoms with Crippen LogP contribution in [0.15, 0.2) is 27.6 Å². The Balaban J connectivity index is 2.21. The summed E-state index contributed by atoms with van der Waals surface area (Å²) in [5.74, 6) is -0.510. The van der Waals surface area contributed by atoms with Gasteiger partial charge in [0.15, 0.2) is 0 Å². The number of hydrogen-bond acceptors (Lipinski definition) is 5. The quantitative estimate of drug-likeness (QED) is 0.772. The lowest BCUT2D eigenvalue weighted by Crippen LogP contribution is -2.45. The maximum atomic E-state index is 12.4. The molecular weight excluding hydrogens is 360 g/mol. The van der Waals surface area contributed by atoms with Crippen LogP contribution >= 0.6 is 15.9 Å². The summed E-state index contributed by atoms with van der Waals surface area (Å²) < 4.78 is 32.4. The summed E-state index contributed by atoms with van der Waals surface area (Å²) in [6.07, 6.45) is 1.75. The van der Waals surface area contributed by atoms with Gasteiger partial charge in [-0.05, 0) is 53.5 Å². The SMILES string of the molecule is COC(=O)c1ccc(S(=O)(=O)NC2CCCNC2)c(Br)c1. The molecule has 2 N–H and O–H groups in total. The molecule has 6 nitrogen and oxygen atoms in total. The molecule has 0 bridgehead atoms. The lowest BCUT2D eigenvalue weighted by molar-refractivity contribution is 0.0600. The van der Waals surface area contributed by atoms with Crippen molar-refractivity contribution in [1.29, 1.82) is 0 Å². The summed E-state index contributed by atoms with van der Waals surface area (Å²) in [5, 5.41) is 3.16. The Kier molecular flexibility index (Phi) is 5.37. The Hall–Kier alpha value is -0.960. The molecule has 0 aromatic heterocycles. The number of ether oxygens (including phenoxy) is 1. The Morgan fingerprint density at radius 1 is 1.48 bits per heavy atom. The minimum absolute atomic E-state index is 0.112. The Labute approximate surface area is 132 Å². The minimum Gasteiger partial charge on any atom is -0.465 e. The first kappa shape index (κ1) is 16.4. The van der Waals surface area contributed by atoms with Crippen molar-refractivity contribution >= 4 is 31.9 Å².